The molecule has 0 bridgehead atoms. The molecule has 0 aliphatic heterocycles. The molecule has 6 heteroatoms. The molecule has 0 spiro atoms. The van der Waals surface area contributed by atoms with Gasteiger partial charge in [0.25, 0.3) is 0 Å². The third-order valence-corrected chi connectivity index (χ3v) is 2.37. The van der Waals surface area contributed by atoms with Gasteiger partial charge in [0.15, 0.2) is 5.82 Å². The number of nitrogens with zero attached hydrogens (tertiary/aromatic N) is 2. The summed E-state index contributed by atoms with van der Waals surface area (Å²) in [6, 6.07) is 1.27. The molecule has 78 valence electrons. The maximum atomic E-state index is 13.5. The number of hydrogen-bond acceptors (Lipinski definition) is 3. The summed E-state index contributed by atoms with van der Waals surface area (Å²) in [6.07, 6.45) is 2.83. The molecule has 2 rings (SSSR count). The fraction of sp³-hybridized carbons (Fsp3) is 0.111. The van der Waals surface area contributed by atoms with Crippen molar-refractivity contribution >= 4 is 27.4 Å². The quantitative estimate of drug-likeness (QED) is 0.746. The molecule has 0 radical (unpaired) electrons. The Kier molecular flexibility index (Phi) is 2.44. The van der Waals surface area contributed by atoms with Crippen LogP contribution in [0.1, 0.15) is 10.4 Å². The van der Waals surface area contributed by atoms with Crippen LogP contribution in [-0.4, -0.2) is 22.7 Å². The van der Waals surface area contributed by atoms with Crippen molar-refractivity contribution in [3.8, 4) is 0 Å². The molecule has 0 atom stereocenters. The first-order valence-electron chi connectivity index (χ1n) is 4.04. The highest BCUT2D eigenvalue weighted by atomic mass is 79.9. The van der Waals surface area contributed by atoms with Gasteiger partial charge in [-0.2, -0.15) is 5.10 Å². The van der Waals surface area contributed by atoms with Crippen LogP contribution in [0, 0.1) is 5.82 Å². The summed E-state index contributed by atoms with van der Waals surface area (Å²) in [4.78, 5) is 11.3. The van der Waals surface area contributed by atoms with E-state index >= 15 is 0 Å². The van der Waals surface area contributed by atoms with Gasteiger partial charge in [0.1, 0.15) is 11.1 Å². The van der Waals surface area contributed by atoms with Crippen LogP contribution in [0.15, 0.2) is 22.9 Å². The van der Waals surface area contributed by atoms with Crippen molar-refractivity contribution in [1.82, 2.24) is 9.61 Å². The van der Waals surface area contributed by atoms with Crippen LogP contribution in [0.3, 0.4) is 0 Å². The van der Waals surface area contributed by atoms with Crippen molar-refractivity contribution in [2.45, 2.75) is 0 Å². The van der Waals surface area contributed by atoms with E-state index in [4.69, 9.17) is 0 Å². The van der Waals surface area contributed by atoms with Crippen LogP contribution in [0.4, 0.5) is 4.39 Å². The average Bonchev–Trinajstić information content (AvgIpc) is 2.60. The van der Waals surface area contributed by atoms with Gasteiger partial charge in [-0.25, -0.2) is 13.7 Å². The first-order chi connectivity index (χ1) is 7.13. The fourth-order valence-corrected chi connectivity index (χ4v) is 1.70. The van der Waals surface area contributed by atoms with Gasteiger partial charge in [0.2, 0.25) is 0 Å². The third-order valence-electron chi connectivity index (χ3n) is 1.94. The molecule has 2 aromatic rings. The van der Waals surface area contributed by atoms with Crippen molar-refractivity contribution in [3.63, 3.8) is 0 Å². The Morgan fingerprint density at radius 1 is 1.67 bits per heavy atom. The summed E-state index contributed by atoms with van der Waals surface area (Å²) in [5, 5.41) is 3.86. The smallest absolute Gasteiger partial charge is 0.341 e. The molecule has 0 unspecified atom stereocenters. The number of halogens is 2. The van der Waals surface area contributed by atoms with E-state index in [1.807, 2.05) is 0 Å². The minimum absolute atomic E-state index is 0.113. The topological polar surface area (TPSA) is 43.6 Å². The number of carbonyl (C=O) groups excluding carboxylic acids is 1. The summed E-state index contributed by atoms with van der Waals surface area (Å²) >= 11 is 3.13. The number of esters is 1. The molecular weight excluding hydrogens is 267 g/mol. The van der Waals surface area contributed by atoms with Crippen molar-refractivity contribution < 1.29 is 13.9 Å². The lowest BCUT2D eigenvalue weighted by Gasteiger charge is -1.99. The molecule has 2 aromatic heterocycles. The number of ether oxygens (including phenoxy) is 1. The number of rotatable bonds is 1. The van der Waals surface area contributed by atoms with Gasteiger partial charge in [0.05, 0.1) is 13.3 Å². The van der Waals surface area contributed by atoms with E-state index in [1.165, 1.54) is 23.9 Å². The second kappa shape index (κ2) is 3.62. The number of hydrogen-bond donors (Lipinski definition) is 0. The van der Waals surface area contributed by atoms with E-state index in [0.717, 1.165) is 0 Å². The number of fused-ring (bicyclic) bond motifs is 1. The minimum Gasteiger partial charge on any atom is -0.465 e. The highest BCUT2D eigenvalue weighted by Gasteiger charge is 2.16. The van der Waals surface area contributed by atoms with Crippen molar-refractivity contribution in [2.24, 2.45) is 0 Å². The Labute approximate surface area is 92.8 Å². The summed E-state index contributed by atoms with van der Waals surface area (Å²) in [6.45, 7) is 0. The van der Waals surface area contributed by atoms with Gasteiger partial charge >= 0.3 is 5.97 Å². The normalized spacial score (nSPS) is 10.6. The van der Waals surface area contributed by atoms with Crippen molar-refractivity contribution in [1.29, 1.82) is 0 Å². The molecule has 15 heavy (non-hydrogen) atoms. The molecule has 0 amide bonds. The lowest BCUT2D eigenvalue weighted by Crippen LogP contribution is -2.01. The molecule has 0 saturated carbocycles. The molecule has 0 saturated heterocycles. The molecule has 0 aromatic carbocycles. The molecule has 0 fully saturated rings. The van der Waals surface area contributed by atoms with E-state index in [-0.39, 0.29) is 11.1 Å². The van der Waals surface area contributed by atoms with Crippen molar-refractivity contribution in [3.05, 3.63) is 34.3 Å². The van der Waals surface area contributed by atoms with Crippen LogP contribution < -0.4 is 0 Å². The maximum Gasteiger partial charge on any atom is 0.341 e. The number of methoxy groups -OCH3 is 1. The fourth-order valence-electron chi connectivity index (χ4n) is 1.30. The Morgan fingerprint density at radius 2 is 2.40 bits per heavy atom. The van der Waals surface area contributed by atoms with Crippen LogP contribution in [0.5, 0.6) is 0 Å². The highest BCUT2D eigenvalue weighted by Crippen LogP contribution is 2.19. The number of carbonyl (C=O) groups is 1. The van der Waals surface area contributed by atoms with Gasteiger partial charge in [0, 0.05) is 10.7 Å². The molecular formula is C9H6BrFN2O2. The van der Waals surface area contributed by atoms with E-state index in [9.17, 15) is 9.18 Å². The van der Waals surface area contributed by atoms with Crippen LogP contribution in [0.2, 0.25) is 0 Å². The predicted octanol–water partition coefficient (Wildman–Crippen LogP) is 2.02. The molecule has 0 N–H and O–H groups in total. The van der Waals surface area contributed by atoms with E-state index in [2.05, 4.69) is 25.8 Å². The van der Waals surface area contributed by atoms with Gasteiger partial charge in [-0.1, -0.05) is 0 Å². The summed E-state index contributed by atoms with van der Waals surface area (Å²) in [7, 11) is 1.24. The second-order valence-electron chi connectivity index (χ2n) is 2.85. The zero-order valence-corrected chi connectivity index (χ0v) is 9.28. The summed E-state index contributed by atoms with van der Waals surface area (Å²) < 4.78 is 19.9. The molecule has 2 heterocycles. The largest absolute Gasteiger partial charge is 0.465 e. The van der Waals surface area contributed by atoms with E-state index < -0.39 is 11.8 Å². The highest BCUT2D eigenvalue weighted by molar-refractivity contribution is 9.10. The van der Waals surface area contributed by atoms with E-state index in [1.54, 1.807) is 6.20 Å². The van der Waals surface area contributed by atoms with E-state index in [0.29, 0.717) is 4.47 Å². The SMILES string of the molecule is COC(=O)c1cnn2cc(Br)cc(F)c12. The zero-order chi connectivity index (χ0) is 11.0. The van der Waals surface area contributed by atoms with Crippen LogP contribution >= 0.6 is 15.9 Å². The standard InChI is InChI=1S/C9H6BrFN2O2/c1-15-9(14)6-3-12-13-4-5(10)2-7(11)8(6)13/h2-4H,1H3. The third kappa shape index (κ3) is 1.61. The maximum absolute atomic E-state index is 13.5. The van der Waals surface area contributed by atoms with Gasteiger partial charge in [-0.05, 0) is 22.0 Å². The number of pyridine rings is 1. The molecule has 0 aliphatic carbocycles. The Balaban J connectivity index is 2.74. The van der Waals surface area contributed by atoms with Gasteiger partial charge in [-0.3, -0.25) is 0 Å². The molecule has 0 aliphatic rings. The second-order valence-corrected chi connectivity index (χ2v) is 3.76. The van der Waals surface area contributed by atoms with Crippen LogP contribution in [-0.2, 0) is 4.74 Å². The lowest BCUT2D eigenvalue weighted by atomic mass is 10.2. The van der Waals surface area contributed by atoms with Crippen molar-refractivity contribution in [2.75, 3.05) is 7.11 Å². The first kappa shape index (κ1) is 10.1. The average molecular weight is 273 g/mol. The minimum atomic E-state index is -0.605. The lowest BCUT2D eigenvalue weighted by molar-refractivity contribution is 0.0602. The summed E-state index contributed by atoms with van der Waals surface area (Å²) in [5.74, 6) is -1.13. The first-order valence-corrected chi connectivity index (χ1v) is 4.83. The van der Waals surface area contributed by atoms with Crippen LogP contribution in [0.25, 0.3) is 5.52 Å². The Morgan fingerprint density at radius 3 is 3.07 bits per heavy atom. The van der Waals surface area contributed by atoms with Gasteiger partial charge < -0.3 is 4.74 Å². The van der Waals surface area contributed by atoms with Gasteiger partial charge in [-0.15, -0.1) is 0 Å². The Hall–Kier alpha value is -1.43. The Bertz CT molecular complexity index is 538. The predicted molar refractivity (Wildman–Crippen MR) is 54.2 cm³/mol. The molecule has 4 nitrogen and oxygen atoms in total. The number of aromatic nitrogens is 2. The summed E-state index contributed by atoms with van der Waals surface area (Å²) in [5.41, 5.74) is 0.229. The monoisotopic (exact) mass is 272 g/mol. The zero-order valence-electron chi connectivity index (χ0n) is 7.70.